The van der Waals surface area contributed by atoms with Gasteiger partial charge in [-0.2, -0.15) is 0 Å². The zero-order valence-electron chi connectivity index (χ0n) is 15.2. The number of carbonyl (C=O) groups is 1. The monoisotopic (exact) mass is 372 g/mol. The highest BCUT2D eigenvalue weighted by atomic mass is 32.1. The Morgan fingerprint density at radius 3 is 2.62 bits per heavy atom. The zero-order chi connectivity index (χ0) is 18.9. The van der Waals surface area contributed by atoms with Crippen molar-refractivity contribution in [3.05, 3.63) is 59.7 Å². The Kier molecular flexibility index (Phi) is 7.41. The number of benzene rings is 2. The third-order valence-electron chi connectivity index (χ3n) is 3.53. The fraction of sp³-hybridized carbons (Fsp3) is 0.300. The van der Waals surface area contributed by atoms with Crippen LogP contribution in [-0.2, 0) is 4.74 Å². The number of hydrogen-bond donors (Lipinski definition) is 2. The minimum atomic E-state index is -0.352. The van der Waals surface area contributed by atoms with Crippen LogP contribution in [-0.4, -0.2) is 30.3 Å². The summed E-state index contributed by atoms with van der Waals surface area (Å²) in [5.41, 5.74) is 2.40. The highest BCUT2D eigenvalue weighted by Crippen LogP contribution is 2.13. The number of esters is 1. The van der Waals surface area contributed by atoms with E-state index in [1.165, 1.54) is 5.56 Å². The number of anilines is 1. The lowest BCUT2D eigenvalue weighted by atomic mass is 10.2. The lowest BCUT2D eigenvalue weighted by molar-refractivity contribution is 0.0526. The van der Waals surface area contributed by atoms with Gasteiger partial charge in [-0.05, 0) is 63.3 Å². The molecule has 0 radical (unpaired) electrons. The largest absolute Gasteiger partial charge is 0.491 e. The second-order valence-corrected chi connectivity index (χ2v) is 6.33. The highest BCUT2D eigenvalue weighted by molar-refractivity contribution is 7.80. The summed E-state index contributed by atoms with van der Waals surface area (Å²) >= 11 is 5.33. The molecule has 0 aliphatic carbocycles. The normalized spacial score (nSPS) is 11.3. The third-order valence-corrected chi connectivity index (χ3v) is 3.75. The number of carbonyl (C=O) groups excluding carboxylic acids is 1. The van der Waals surface area contributed by atoms with Crippen LogP contribution >= 0.6 is 12.2 Å². The summed E-state index contributed by atoms with van der Waals surface area (Å²) in [5, 5.41) is 6.70. The van der Waals surface area contributed by atoms with Crippen LogP contribution in [0, 0.1) is 6.92 Å². The summed E-state index contributed by atoms with van der Waals surface area (Å²) in [7, 11) is 0. The average Bonchev–Trinajstić information content (AvgIpc) is 2.61. The Hall–Kier alpha value is -2.60. The van der Waals surface area contributed by atoms with Crippen molar-refractivity contribution in [3.63, 3.8) is 0 Å². The zero-order valence-corrected chi connectivity index (χ0v) is 16.1. The minimum absolute atomic E-state index is 0.0181. The van der Waals surface area contributed by atoms with Crippen molar-refractivity contribution in [2.45, 2.75) is 26.8 Å². The number of rotatable bonds is 7. The lowest BCUT2D eigenvalue weighted by Crippen LogP contribution is -2.39. The topological polar surface area (TPSA) is 59.6 Å². The molecule has 5 nitrogen and oxygen atoms in total. The van der Waals surface area contributed by atoms with Crippen molar-refractivity contribution < 1.29 is 14.3 Å². The standard InChI is InChI=1S/C20H24N2O3S/c1-4-24-19(23)16-6-5-7-17(12-16)22-20(26)21-15(3)13-25-18-10-8-14(2)9-11-18/h5-12,15H,4,13H2,1-3H3,(H2,21,22,26). The Morgan fingerprint density at radius 1 is 1.19 bits per heavy atom. The predicted molar refractivity (Wildman–Crippen MR) is 108 cm³/mol. The van der Waals surface area contributed by atoms with Gasteiger partial charge < -0.3 is 20.1 Å². The summed E-state index contributed by atoms with van der Waals surface area (Å²) in [6.45, 7) is 6.62. The summed E-state index contributed by atoms with van der Waals surface area (Å²) in [5.74, 6) is 0.472. The van der Waals surface area contributed by atoms with Gasteiger partial charge in [-0.25, -0.2) is 4.79 Å². The molecule has 0 amide bonds. The van der Waals surface area contributed by atoms with Crippen LogP contribution in [0.5, 0.6) is 5.75 Å². The van der Waals surface area contributed by atoms with Gasteiger partial charge in [0.15, 0.2) is 5.11 Å². The van der Waals surface area contributed by atoms with Crippen LogP contribution in [0.2, 0.25) is 0 Å². The molecule has 2 aromatic carbocycles. The van der Waals surface area contributed by atoms with E-state index in [9.17, 15) is 4.79 Å². The van der Waals surface area contributed by atoms with Gasteiger partial charge in [0.05, 0.1) is 18.2 Å². The second-order valence-electron chi connectivity index (χ2n) is 5.92. The summed E-state index contributed by atoms with van der Waals surface area (Å²) in [6.07, 6.45) is 0. The molecule has 2 N–H and O–H groups in total. The van der Waals surface area contributed by atoms with E-state index in [0.717, 1.165) is 11.4 Å². The molecular weight excluding hydrogens is 348 g/mol. The minimum Gasteiger partial charge on any atom is -0.491 e. The molecular formula is C20H24N2O3S. The third kappa shape index (κ3) is 6.37. The number of aryl methyl sites for hydroxylation is 1. The maximum Gasteiger partial charge on any atom is 0.338 e. The molecule has 2 rings (SSSR count). The van der Waals surface area contributed by atoms with Gasteiger partial charge >= 0.3 is 5.97 Å². The maximum atomic E-state index is 11.8. The van der Waals surface area contributed by atoms with Crippen LogP contribution in [0.25, 0.3) is 0 Å². The molecule has 0 spiro atoms. The van der Waals surface area contributed by atoms with Crippen LogP contribution in [0.3, 0.4) is 0 Å². The van der Waals surface area contributed by atoms with Crippen LogP contribution in [0.4, 0.5) is 5.69 Å². The van der Waals surface area contributed by atoms with E-state index in [1.54, 1.807) is 25.1 Å². The first kappa shape index (κ1) is 19.7. The highest BCUT2D eigenvalue weighted by Gasteiger charge is 2.09. The number of nitrogens with one attached hydrogen (secondary N) is 2. The van der Waals surface area contributed by atoms with Crippen molar-refractivity contribution in [1.29, 1.82) is 0 Å². The van der Waals surface area contributed by atoms with E-state index >= 15 is 0 Å². The molecule has 0 saturated carbocycles. The van der Waals surface area contributed by atoms with Gasteiger partial charge in [-0.15, -0.1) is 0 Å². The molecule has 138 valence electrons. The SMILES string of the molecule is CCOC(=O)c1cccc(NC(=S)NC(C)COc2ccc(C)cc2)c1. The van der Waals surface area contributed by atoms with E-state index in [4.69, 9.17) is 21.7 Å². The molecule has 0 aromatic heterocycles. The van der Waals surface area contributed by atoms with Gasteiger partial charge in [-0.1, -0.05) is 23.8 Å². The number of hydrogen-bond acceptors (Lipinski definition) is 4. The van der Waals surface area contributed by atoms with Crippen molar-refractivity contribution in [1.82, 2.24) is 5.32 Å². The first-order valence-electron chi connectivity index (χ1n) is 8.52. The molecule has 1 atom stereocenters. The summed E-state index contributed by atoms with van der Waals surface area (Å²) in [6, 6.07) is 15.0. The van der Waals surface area contributed by atoms with E-state index in [-0.39, 0.29) is 12.0 Å². The molecule has 0 aliphatic heterocycles. The Bertz CT molecular complexity index is 747. The number of ether oxygens (including phenoxy) is 2. The lowest BCUT2D eigenvalue weighted by Gasteiger charge is -2.18. The van der Waals surface area contributed by atoms with Gasteiger partial charge in [0.25, 0.3) is 0 Å². The Balaban J connectivity index is 1.83. The van der Waals surface area contributed by atoms with Crippen LogP contribution < -0.4 is 15.4 Å². The van der Waals surface area contributed by atoms with Crippen molar-refractivity contribution >= 4 is 29.0 Å². The molecule has 1 unspecified atom stereocenters. The molecule has 26 heavy (non-hydrogen) atoms. The molecule has 0 heterocycles. The number of thiocarbonyl (C=S) groups is 1. The summed E-state index contributed by atoms with van der Waals surface area (Å²) in [4.78, 5) is 11.8. The van der Waals surface area contributed by atoms with Crippen molar-refractivity contribution in [2.24, 2.45) is 0 Å². The summed E-state index contributed by atoms with van der Waals surface area (Å²) < 4.78 is 10.7. The average molecular weight is 372 g/mol. The van der Waals surface area contributed by atoms with E-state index in [1.807, 2.05) is 44.2 Å². The second kappa shape index (κ2) is 9.77. The van der Waals surface area contributed by atoms with Crippen LogP contribution in [0.15, 0.2) is 48.5 Å². The first-order chi connectivity index (χ1) is 12.5. The first-order valence-corrected chi connectivity index (χ1v) is 8.93. The molecule has 0 aliphatic rings. The van der Waals surface area contributed by atoms with Gasteiger partial charge in [0.1, 0.15) is 12.4 Å². The maximum absolute atomic E-state index is 11.8. The van der Waals surface area contributed by atoms with Gasteiger partial charge in [-0.3, -0.25) is 0 Å². The molecule has 6 heteroatoms. The molecule has 0 saturated heterocycles. The fourth-order valence-electron chi connectivity index (χ4n) is 2.23. The van der Waals surface area contributed by atoms with Gasteiger partial charge in [0, 0.05) is 5.69 Å². The van der Waals surface area contributed by atoms with Crippen molar-refractivity contribution in [3.8, 4) is 5.75 Å². The van der Waals surface area contributed by atoms with Gasteiger partial charge in [0.2, 0.25) is 0 Å². The van der Waals surface area contributed by atoms with Crippen LogP contribution in [0.1, 0.15) is 29.8 Å². The van der Waals surface area contributed by atoms with Crippen molar-refractivity contribution in [2.75, 3.05) is 18.5 Å². The molecule has 0 bridgehead atoms. The quantitative estimate of drug-likeness (QED) is 0.567. The Labute approximate surface area is 159 Å². The predicted octanol–water partition coefficient (Wildman–Crippen LogP) is 3.93. The smallest absolute Gasteiger partial charge is 0.338 e. The molecule has 2 aromatic rings. The van der Waals surface area contributed by atoms with E-state index in [2.05, 4.69) is 10.6 Å². The fourth-order valence-corrected chi connectivity index (χ4v) is 2.55. The van der Waals surface area contributed by atoms with E-state index in [0.29, 0.717) is 23.9 Å². The Morgan fingerprint density at radius 2 is 1.92 bits per heavy atom. The molecule has 0 fully saturated rings. The van der Waals surface area contributed by atoms with E-state index < -0.39 is 0 Å².